The Morgan fingerprint density at radius 2 is 1.75 bits per heavy atom. The van der Waals surface area contributed by atoms with E-state index in [9.17, 15) is 5.26 Å². The van der Waals surface area contributed by atoms with Crippen molar-refractivity contribution >= 4 is 23.2 Å². The second-order valence-electron chi connectivity index (χ2n) is 5.30. The molecule has 0 fully saturated rings. The molecule has 0 aromatic heterocycles. The van der Waals surface area contributed by atoms with Crippen LogP contribution in [0.1, 0.15) is 17.0 Å². The van der Waals surface area contributed by atoms with Crippen molar-refractivity contribution in [3.8, 4) is 23.3 Å². The third-order valence-corrected chi connectivity index (χ3v) is 4.66. The summed E-state index contributed by atoms with van der Waals surface area (Å²) in [5, 5.41) is 10.5. The van der Waals surface area contributed by atoms with Gasteiger partial charge in [0.15, 0.2) is 11.5 Å². The minimum absolute atomic E-state index is 0.0184. The monoisotopic (exact) mass is 360 g/mol. The van der Waals surface area contributed by atoms with Gasteiger partial charge in [-0.2, -0.15) is 5.26 Å². The number of ether oxygens (including phenoxy) is 3. The molecule has 2 aromatic carbocycles. The molecule has 5 nitrogen and oxygen atoms in total. The lowest BCUT2D eigenvalue weighted by Gasteiger charge is -2.27. The Kier molecular flexibility index (Phi) is 3.45. The van der Waals surface area contributed by atoms with E-state index in [1.807, 2.05) is 0 Å². The van der Waals surface area contributed by atoms with Gasteiger partial charge in [-0.05, 0) is 18.2 Å². The van der Waals surface area contributed by atoms with Gasteiger partial charge in [-0.25, -0.2) is 0 Å². The first-order valence-electron chi connectivity index (χ1n) is 7.05. The van der Waals surface area contributed by atoms with Crippen LogP contribution < -0.4 is 19.9 Å². The van der Waals surface area contributed by atoms with Crippen molar-refractivity contribution < 1.29 is 14.2 Å². The summed E-state index contributed by atoms with van der Waals surface area (Å²) in [5.74, 6) is 1.09. The Morgan fingerprint density at radius 3 is 2.42 bits per heavy atom. The third-order valence-electron chi connectivity index (χ3n) is 4.00. The molecule has 24 heavy (non-hydrogen) atoms. The Hall–Kier alpha value is -2.55. The Balaban J connectivity index is 2.00. The maximum Gasteiger partial charge on any atom is 0.231 e. The van der Waals surface area contributed by atoms with Crippen LogP contribution >= 0.6 is 23.2 Å². The molecule has 7 heteroatoms. The zero-order valence-corrected chi connectivity index (χ0v) is 13.7. The quantitative estimate of drug-likeness (QED) is 0.833. The van der Waals surface area contributed by atoms with Crippen LogP contribution in [0.15, 0.2) is 41.8 Å². The minimum Gasteiger partial charge on any atom is -0.454 e. The van der Waals surface area contributed by atoms with Crippen molar-refractivity contribution in [3.05, 3.63) is 63.0 Å². The number of nitriles is 1. The van der Waals surface area contributed by atoms with Gasteiger partial charge in [0.2, 0.25) is 12.7 Å². The van der Waals surface area contributed by atoms with Crippen LogP contribution in [0.2, 0.25) is 10.0 Å². The summed E-state index contributed by atoms with van der Waals surface area (Å²) in [6, 6.07) is 10.7. The van der Waals surface area contributed by atoms with Crippen molar-refractivity contribution in [3.63, 3.8) is 0 Å². The topological polar surface area (TPSA) is 77.5 Å². The van der Waals surface area contributed by atoms with E-state index in [-0.39, 0.29) is 18.2 Å². The van der Waals surface area contributed by atoms with Crippen LogP contribution in [-0.2, 0) is 0 Å². The maximum atomic E-state index is 9.58. The second-order valence-corrected chi connectivity index (χ2v) is 6.12. The summed E-state index contributed by atoms with van der Waals surface area (Å²) in [4.78, 5) is 0. The van der Waals surface area contributed by atoms with Gasteiger partial charge in [0.25, 0.3) is 0 Å². The van der Waals surface area contributed by atoms with Gasteiger partial charge in [-0.3, -0.25) is 0 Å². The van der Waals surface area contributed by atoms with Gasteiger partial charge in [0, 0.05) is 27.2 Å². The molecule has 0 saturated carbocycles. The molecule has 0 spiro atoms. The van der Waals surface area contributed by atoms with E-state index in [0.29, 0.717) is 38.4 Å². The number of allylic oxidation sites excluding steroid dienone is 1. The third kappa shape index (κ3) is 2.15. The van der Waals surface area contributed by atoms with Gasteiger partial charge in [-0.1, -0.05) is 29.3 Å². The number of nitrogens with two attached hydrogens (primary N) is 1. The molecule has 4 rings (SSSR count). The van der Waals surface area contributed by atoms with Crippen molar-refractivity contribution in [2.45, 2.75) is 5.92 Å². The Morgan fingerprint density at radius 1 is 1.08 bits per heavy atom. The molecule has 1 unspecified atom stereocenters. The normalized spacial score (nSPS) is 18.0. The highest BCUT2D eigenvalue weighted by Crippen LogP contribution is 2.50. The Labute approximate surface area is 147 Å². The lowest BCUT2D eigenvalue weighted by Crippen LogP contribution is -2.21. The lowest BCUT2D eigenvalue weighted by atomic mass is 9.83. The number of benzene rings is 2. The lowest BCUT2D eigenvalue weighted by molar-refractivity contribution is 0.174. The molecule has 120 valence electrons. The van der Waals surface area contributed by atoms with Gasteiger partial charge >= 0.3 is 0 Å². The minimum atomic E-state index is -0.547. The van der Waals surface area contributed by atoms with E-state index in [2.05, 4.69) is 6.07 Å². The fourth-order valence-electron chi connectivity index (χ4n) is 2.93. The van der Waals surface area contributed by atoms with Crippen molar-refractivity contribution in [1.82, 2.24) is 0 Å². The fourth-order valence-corrected chi connectivity index (χ4v) is 3.55. The molecular formula is C17H10Cl2N2O3. The highest BCUT2D eigenvalue weighted by molar-refractivity contribution is 6.36. The van der Waals surface area contributed by atoms with E-state index in [1.54, 1.807) is 30.3 Å². The summed E-state index contributed by atoms with van der Waals surface area (Å²) in [6.45, 7) is 0.129. The van der Waals surface area contributed by atoms with Crippen LogP contribution in [0.4, 0.5) is 0 Å². The largest absolute Gasteiger partial charge is 0.454 e. The number of halogens is 2. The molecule has 0 bridgehead atoms. The number of nitrogens with zero attached hydrogens (tertiary/aromatic N) is 1. The average Bonchev–Trinajstić information content (AvgIpc) is 3.00. The predicted octanol–water partition coefficient (Wildman–Crippen LogP) is 3.94. The van der Waals surface area contributed by atoms with Gasteiger partial charge < -0.3 is 19.9 Å². The molecule has 0 aliphatic carbocycles. The summed E-state index contributed by atoms with van der Waals surface area (Å²) in [7, 11) is 0. The Bertz CT molecular complexity index is 914. The number of rotatable bonds is 1. The molecule has 2 aliphatic rings. The first kappa shape index (κ1) is 15.0. The molecule has 0 saturated heterocycles. The van der Waals surface area contributed by atoms with Crippen molar-refractivity contribution in [2.24, 2.45) is 5.73 Å². The molecule has 2 N–H and O–H groups in total. The van der Waals surface area contributed by atoms with E-state index < -0.39 is 5.92 Å². The second kappa shape index (κ2) is 5.52. The molecule has 2 heterocycles. The van der Waals surface area contributed by atoms with Crippen LogP contribution in [-0.4, -0.2) is 6.79 Å². The summed E-state index contributed by atoms with van der Waals surface area (Å²) in [5.41, 5.74) is 7.50. The number of hydrogen-bond acceptors (Lipinski definition) is 5. The van der Waals surface area contributed by atoms with Crippen LogP contribution in [0.5, 0.6) is 17.2 Å². The smallest absolute Gasteiger partial charge is 0.231 e. The predicted molar refractivity (Wildman–Crippen MR) is 88.3 cm³/mol. The first-order chi connectivity index (χ1) is 11.6. The van der Waals surface area contributed by atoms with Crippen LogP contribution in [0.3, 0.4) is 0 Å². The molecular weight excluding hydrogens is 351 g/mol. The van der Waals surface area contributed by atoms with Crippen molar-refractivity contribution in [2.75, 3.05) is 6.79 Å². The van der Waals surface area contributed by atoms with Crippen LogP contribution in [0.25, 0.3) is 0 Å². The number of fused-ring (bicyclic) bond motifs is 2. The molecule has 2 aromatic rings. The first-order valence-corrected chi connectivity index (χ1v) is 7.80. The molecule has 2 aliphatic heterocycles. The van der Waals surface area contributed by atoms with E-state index in [4.69, 9.17) is 43.1 Å². The van der Waals surface area contributed by atoms with Crippen molar-refractivity contribution in [1.29, 1.82) is 5.26 Å². The molecule has 0 amide bonds. The maximum absolute atomic E-state index is 9.58. The SMILES string of the molecule is N#CC1=C(N)Oc2cc3c(cc2C1c1c(Cl)cccc1Cl)OCO3. The highest BCUT2D eigenvalue weighted by atomic mass is 35.5. The summed E-state index contributed by atoms with van der Waals surface area (Å²) >= 11 is 12.7. The summed E-state index contributed by atoms with van der Waals surface area (Å²) in [6.07, 6.45) is 0. The standard InChI is InChI=1S/C17H10Cl2N2O3/c18-10-2-1-3-11(19)16(10)15-8-4-13-14(23-7-22-13)5-12(8)24-17(21)9(15)6-20/h1-5,15H,7,21H2. The number of hydrogen-bond donors (Lipinski definition) is 1. The highest BCUT2D eigenvalue weighted by Gasteiger charge is 2.35. The zero-order valence-electron chi connectivity index (χ0n) is 12.2. The summed E-state index contributed by atoms with van der Waals surface area (Å²) < 4.78 is 16.4. The van der Waals surface area contributed by atoms with Gasteiger partial charge in [0.1, 0.15) is 17.4 Å². The fraction of sp³-hybridized carbons (Fsp3) is 0.118. The van der Waals surface area contributed by atoms with E-state index >= 15 is 0 Å². The van der Waals surface area contributed by atoms with Crippen LogP contribution in [0, 0.1) is 11.3 Å². The zero-order chi connectivity index (χ0) is 16.8. The van der Waals surface area contributed by atoms with E-state index in [0.717, 1.165) is 0 Å². The van der Waals surface area contributed by atoms with Gasteiger partial charge in [-0.15, -0.1) is 0 Å². The molecule has 1 atom stereocenters. The average molecular weight is 361 g/mol. The van der Waals surface area contributed by atoms with Gasteiger partial charge in [0.05, 0.1) is 5.92 Å². The van der Waals surface area contributed by atoms with E-state index in [1.165, 1.54) is 0 Å². The molecule has 0 radical (unpaired) electrons.